The van der Waals surface area contributed by atoms with Crippen molar-refractivity contribution in [3.8, 4) is 5.75 Å². The molecule has 0 aliphatic heterocycles. The molecule has 1 atom stereocenters. The maximum Gasteiger partial charge on any atom is 0.237 e. The Kier molecular flexibility index (Phi) is 6.49. The second-order valence-corrected chi connectivity index (χ2v) is 5.57. The minimum Gasteiger partial charge on any atom is -0.494 e. The first-order chi connectivity index (χ1) is 9.89. The van der Waals surface area contributed by atoms with Gasteiger partial charge >= 0.3 is 0 Å². The fourth-order valence-electron chi connectivity index (χ4n) is 2.16. The molecule has 0 bridgehead atoms. The van der Waals surface area contributed by atoms with Crippen LogP contribution in [0.2, 0.25) is 0 Å². The van der Waals surface area contributed by atoms with Crippen LogP contribution in [0.1, 0.15) is 26.7 Å². The second-order valence-electron chi connectivity index (χ2n) is 5.57. The fraction of sp³-hybridized carbons (Fsp3) is 0.562. The largest absolute Gasteiger partial charge is 0.494 e. The van der Waals surface area contributed by atoms with Gasteiger partial charge < -0.3 is 20.7 Å². The van der Waals surface area contributed by atoms with E-state index in [1.165, 1.54) is 0 Å². The molecular formula is C16H27N3O2. The number of rotatable bonds is 9. The van der Waals surface area contributed by atoms with Crippen molar-refractivity contribution in [2.45, 2.75) is 32.2 Å². The van der Waals surface area contributed by atoms with Crippen molar-refractivity contribution in [1.82, 2.24) is 5.32 Å². The number of hydrogen-bond donors (Lipinski definition) is 2. The summed E-state index contributed by atoms with van der Waals surface area (Å²) >= 11 is 0. The Bertz CT molecular complexity index is 463. The first-order valence-corrected chi connectivity index (χ1v) is 7.34. The van der Waals surface area contributed by atoms with Gasteiger partial charge in [0.15, 0.2) is 0 Å². The van der Waals surface area contributed by atoms with Crippen LogP contribution in [0.4, 0.5) is 5.69 Å². The molecule has 0 saturated heterocycles. The number of carbonyl (C=O) groups excluding carboxylic acids is 1. The Labute approximate surface area is 127 Å². The summed E-state index contributed by atoms with van der Waals surface area (Å²) < 4.78 is 5.74. The van der Waals surface area contributed by atoms with Crippen LogP contribution in [0.15, 0.2) is 24.3 Å². The maximum absolute atomic E-state index is 11.5. The van der Waals surface area contributed by atoms with E-state index < -0.39 is 5.54 Å². The molecule has 1 aromatic rings. The van der Waals surface area contributed by atoms with E-state index in [1.54, 1.807) is 0 Å². The van der Waals surface area contributed by atoms with Gasteiger partial charge in [-0.3, -0.25) is 4.79 Å². The summed E-state index contributed by atoms with van der Waals surface area (Å²) in [5, 5.41) is 3.14. The zero-order chi connectivity index (χ0) is 15.9. The number of benzene rings is 1. The number of ether oxygens (including phenoxy) is 1. The molecule has 5 nitrogen and oxygen atoms in total. The molecule has 0 saturated carbocycles. The summed E-state index contributed by atoms with van der Waals surface area (Å²) in [5.41, 5.74) is 5.89. The van der Waals surface area contributed by atoms with Gasteiger partial charge in [-0.1, -0.05) is 13.0 Å². The molecule has 1 amide bonds. The molecule has 0 aromatic heterocycles. The zero-order valence-corrected chi connectivity index (χ0v) is 13.5. The number of anilines is 1. The third-order valence-corrected chi connectivity index (χ3v) is 3.53. The van der Waals surface area contributed by atoms with E-state index in [4.69, 9.17) is 10.5 Å². The minimum absolute atomic E-state index is 0.320. The molecule has 0 aliphatic rings. The lowest BCUT2D eigenvalue weighted by Gasteiger charge is -2.26. The van der Waals surface area contributed by atoms with Crippen molar-refractivity contribution in [2.24, 2.45) is 5.73 Å². The third kappa shape index (κ3) is 5.27. The Morgan fingerprint density at radius 3 is 2.71 bits per heavy atom. The average molecular weight is 293 g/mol. The molecular weight excluding hydrogens is 266 g/mol. The molecule has 0 radical (unpaired) electrons. The molecule has 1 rings (SSSR count). The Balaban J connectivity index is 2.46. The smallest absolute Gasteiger partial charge is 0.237 e. The summed E-state index contributed by atoms with van der Waals surface area (Å²) in [7, 11) is 3.99. The first-order valence-electron chi connectivity index (χ1n) is 7.34. The fourth-order valence-corrected chi connectivity index (χ4v) is 2.16. The molecule has 0 fully saturated rings. The summed E-state index contributed by atoms with van der Waals surface area (Å²) in [4.78, 5) is 13.5. The van der Waals surface area contributed by atoms with Crippen molar-refractivity contribution in [1.29, 1.82) is 0 Å². The first kappa shape index (κ1) is 17.3. The van der Waals surface area contributed by atoms with Crippen LogP contribution >= 0.6 is 0 Å². The third-order valence-electron chi connectivity index (χ3n) is 3.53. The molecule has 0 spiro atoms. The lowest BCUT2D eigenvalue weighted by Crippen LogP contribution is -2.53. The Hall–Kier alpha value is -1.75. The minimum atomic E-state index is -0.663. The van der Waals surface area contributed by atoms with Gasteiger partial charge in [-0.15, -0.1) is 0 Å². The number of amides is 1. The number of likely N-dealkylation sites (N-methyl/N-ethyl adjacent to an activating group) is 1. The highest BCUT2D eigenvalue weighted by molar-refractivity contribution is 5.84. The van der Waals surface area contributed by atoms with Gasteiger partial charge in [0.05, 0.1) is 12.1 Å². The summed E-state index contributed by atoms with van der Waals surface area (Å²) in [6, 6.07) is 7.93. The monoisotopic (exact) mass is 293 g/mol. The van der Waals surface area contributed by atoms with Crippen LogP contribution in [0.5, 0.6) is 5.75 Å². The van der Waals surface area contributed by atoms with E-state index >= 15 is 0 Å². The highest BCUT2D eigenvalue weighted by Crippen LogP contribution is 2.20. The van der Waals surface area contributed by atoms with E-state index in [2.05, 4.69) is 5.32 Å². The number of carbonyl (C=O) groups is 1. The number of nitrogens with two attached hydrogens (primary N) is 1. The summed E-state index contributed by atoms with van der Waals surface area (Å²) in [5.74, 6) is 0.518. The number of nitrogens with one attached hydrogen (secondary N) is 1. The van der Waals surface area contributed by atoms with Gasteiger partial charge in [-0.2, -0.15) is 0 Å². The highest BCUT2D eigenvalue weighted by Gasteiger charge is 2.29. The standard InChI is InChI=1S/C16H27N3O2/c1-5-18-16(2,15(17)20)10-7-11-21-14-9-6-8-13(12-14)19(3)4/h6,8-9,12,18H,5,7,10-11H2,1-4H3,(H2,17,20). The van der Waals surface area contributed by atoms with Crippen LogP contribution in [-0.2, 0) is 4.79 Å². The molecule has 0 aliphatic carbocycles. The normalized spacial score (nSPS) is 13.5. The predicted octanol–water partition coefficient (Wildman–Crippen LogP) is 1.77. The van der Waals surface area contributed by atoms with Crippen molar-refractivity contribution in [3.63, 3.8) is 0 Å². The molecule has 21 heavy (non-hydrogen) atoms. The van der Waals surface area contributed by atoms with Gasteiger partial charge in [0.2, 0.25) is 5.91 Å². The Morgan fingerprint density at radius 1 is 1.43 bits per heavy atom. The SMILES string of the molecule is CCNC(C)(CCCOc1cccc(N(C)C)c1)C(N)=O. The van der Waals surface area contributed by atoms with Crippen molar-refractivity contribution in [3.05, 3.63) is 24.3 Å². The van der Waals surface area contributed by atoms with E-state index in [0.717, 1.165) is 17.9 Å². The van der Waals surface area contributed by atoms with Crippen LogP contribution in [0, 0.1) is 0 Å². The van der Waals surface area contributed by atoms with Crippen LogP contribution in [-0.4, -0.2) is 38.7 Å². The van der Waals surface area contributed by atoms with Crippen molar-refractivity contribution in [2.75, 3.05) is 32.1 Å². The Morgan fingerprint density at radius 2 is 2.14 bits per heavy atom. The highest BCUT2D eigenvalue weighted by atomic mass is 16.5. The number of hydrogen-bond acceptors (Lipinski definition) is 4. The summed E-state index contributed by atoms with van der Waals surface area (Å²) in [6.45, 7) is 5.08. The topological polar surface area (TPSA) is 67.6 Å². The van der Waals surface area contributed by atoms with E-state index in [1.807, 2.05) is 57.1 Å². The molecule has 3 N–H and O–H groups in total. The molecule has 5 heteroatoms. The van der Waals surface area contributed by atoms with E-state index in [9.17, 15) is 4.79 Å². The van der Waals surface area contributed by atoms with Crippen LogP contribution < -0.4 is 20.7 Å². The molecule has 1 aromatic carbocycles. The quantitative estimate of drug-likeness (QED) is 0.681. The van der Waals surface area contributed by atoms with Crippen LogP contribution in [0.25, 0.3) is 0 Å². The van der Waals surface area contributed by atoms with Gasteiger partial charge in [-0.25, -0.2) is 0 Å². The van der Waals surface area contributed by atoms with Crippen molar-refractivity contribution >= 4 is 11.6 Å². The predicted molar refractivity (Wildman–Crippen MR) is 86.8 cm³/mol. The van der Waals surface area contributed by atoms with Crippen LogP contribution in [0.3, 0.4) is 0 Å². The van der Waals surface area contributed by atoms with E-state index in [-0.39, 0.29) is 5.91 Å². The molecule has 0 heterocycles. The van der Waals surface area contributed by atoms with Gasteiger partial charge in [0.25, 0.3) is 0 Å². The number of nitrogens with zero attached hydrogens (tertiary/aromatic N) is 1. The molecule has 1 unspecified atom stereocenters. The molecule has 118 valence electrons. The van der Waals surface area contributed by atoms with E-state index in [0.29, 0.717) is 19.6 Å². The second kappa shape index (κ2) is 7.88. The lowest BCUT2D eigenvalue weighted by atomic mass is 9.95. The zero-order valence-electron chi connectivity index (χ0n) is 13.5. The average Bonchev–Trinajstić information content (AvgIpc) is 2.44. The summed E-state index contributed by atoms with van der Waals surface area (Å²) in [6.07, 6.45) is 1.42. The van der Waals surface area contributed by atoms with Crippen molar-refractivity contribution < 1.29 is 9.53 Å². The van der Waals surface area contributed by atoms with Gasteiger partial charge in [-0.05, 0) is 38.4 Å². The lowest BCUT2D eigenvalue weighted by molar-refractivity contribution is -0.124. The van der Waals surface area contributed by atoms with Gasteiger partial charge in [0, 0.05) is 25.8 Å². The van der Waals surface area contributed by atoms with Gasteiger partial charge in [0.1, 0.15) is 5.75 Å². The number of primary amides is 1. The maximum atomic E-state index is 11.5.